The summed E-state index contributed by atoms with van der Waals surface area (Å²) in [6.45, 7) is 4.57. The second-order valence-electron chi connectivity index (χ2n) is 6.84. The summed E-state index contributed by atoms with van der Waals surface area (Å²) in [5, 5.41) is 3.29. The quantitative estimate of drug-likeness (QED) is 0.914. The lowest BCUT2D eigenvalue weighted by molar-refractivity contribution is 0.0218. The fraction of sp³-hybridized carbons (Fsp3) is 0.474. The number of nitrogens with one attached hydrogen (secondary N) is 1. The van der Waals surface area contributed by atoms with E-state index in [4.69, 9.17) is 4.74 Å². The molecule has 1 amide bonds. The van der Waals surface area contributed by atoms with E-state index in [1.54, 1.807) is 13.3 Å². The monoisotopic (exact) mass is 357 g/mol. The lowest BCUT2D eigenvalue weighted by Crippen LogP contribution is -2.62. The molecule has 0 aliphatic carbocycles. The zero-order valence-electron chi connectivity index (χ0n) is 14.6. The van der Waals surface area contributed by atoms with Crippen molar-refractivity contribution in [3.05, 3.63) is 35.3 Å². The number of nitrogens with zero attached hydrogens (tertiary/aromatic N) is 2. The van der Waals surface area contributed by atoms with Crippen LogP contribution in [0.1, 0.15) is 29.4 Å². The van der Waals surface area contributed by atoms with Crippen LogP contribution in [-0.4, -0.2) is 48.1 Å². The van der Waals surface area contributed by atoms with Gasteiger partial charge in [-0.05, 0) is 63.0 Å². The van der Waals surface area contributed by atoms with Crippen molar-refractivity contribution in [2.45, 2.75) is 31.8 Å². The highest BCUT2D eigenvalue weighted by molar-refractivity contribution is 7.17. The molecular weight excluding hydrogens is 334 g/mol. The Hall–Kier alpha value is -1.92. The topological polar surface area (TPSA) is 54.5 Å². The van der Waals surface area contributed by atoms with Gasteiger partial charge < -0.3 is 10.1 Å². The molecule has 6 heteroatoms. The van der Waals surface area contributed by atoms with Crippen LogP contribution in [0, 0.1) is 5.92 Å². The molecule has 0 unspecified atom stereocenters. The third-order valence-corrected chi connectivity index (χ3v) is 6.65. The maximum atomic E-state index is 12.8. The van der Waals surface area contributed by atoms with Gasteiger partial charge in [-0.3, -0.25) is 9.69 Å². The fourth-order valence-corrected chi connectivity index (χ4v) is 5.04. The third-order valence-electron chi connectivity index (χ3n) is 5.54. The first-order valence-corrected chi connectivity index (χ1v) is 9.63. The maximum absolute atomic E-state index is 12.8. The highest BCUT2D eigenvalue weighted by Gasteiger charge is 2.40. The molecule has 2 bridgehead atoms. The summed E-state index contributed by atoms with van der Waals surface area (Å²) in [4.78, 5) is 21.2. The number of piperidine rings is 3. The molecule has 3 aliphatic heterocycles. The molecule has 132 valence electrons. The number of ether oxygens (including phenoxy) is 1. The molecule has 3 fully saturated rings. The summed E-state index contributed by atoms with van der Waals surface area (Å²) in [5.74, 6) is 1.23. The second-order valence-corrected chi connectivity index (χ2v) is 7.92. The van der Waals surface area contributed by atoms with Gasteiger partial charge in [-0.1, -0.05) is 0 Å². The molecule has 5 rings (SSSR count). The van der Waals surface area contributed by atoms with E-state index in [2.05, 4.69) is 22.1 Å². The van der Waals surface area contributed by atoms with Gasteiger partial charge in [0.1, 0.15) is 0 Å². The Bertz CT molecular complexity index is 766. The summed E-state index contributed by atoms with van der Waals surface area (Å²) in [7, 11) is 1.61. The fourth-order valence-electron chi connectivity index (χ4n) is 4.11. The minimum atomic E-state index is 0.0321. The first-order valence-electron chi connectivity index (χ1n) is 8.81. The van der Waals surface area contributed by atoms with E-state index in [0.29, 0.717) is 17.8 Å². The molecule has 1 N–H and O–H groups in total. The average Bonchev–Trinajstić information content (AvgIpc) is 3.15. The number of thiophene rings is 1. The van der Waals surface area contributed by atoms with Gasteiger partial charge in [-0.2, -0.15) is 0 Å². The highest BCUT2D eigenvalue weighted by Crippen LogP contribution is 2.35. The number of carbonyl (C=O) groups is 1. The van der Waals surface area contributed by atoms with Crippen molar-refractivity contribution in [1.82, 2.24) is 15.2 Å². The number of rotatable bonds is 4. The predicted molar refractivity (Wildman–Crippen MR) is 99.1 cm³/mol. The van der Waals surface area contributed by atoms with Crippen LogP contribution in [0.3, 0.4) is 0 Å². The van der Waals surface area contributed by atoms with Crippen LogP contribution in [0.4, 0.5) is 0 Å². The third kappa shape index (κ3) is 3.04. The van der Waals surface area contributed by atoms with E-state index in [9.17, 15) is 4.79 Å². The molecule has 0 spiro atoms. The van der Waals surface area contributed by atoms with E-state index in [0.717, 1.165) is 15.3 Å². The summed E-state index contributed by atoms with van der Waals surface area (Å²) >= 11 is 1.49. The van der Waals surface area contributed by atoms with E-state index in [-0.39, 0.29) is 11.9 Å². The van der Waals surface area contributed by atoms with Gasteiger partial charge in [-0.15, -0.1) is 11.3 Å². The van der Waals surface area contributed by atoms with Crippen LogP contribution in [-0.2, 0) is 0 Å². The van der Waals surface area contributed by atoms with Crippen LogP contribution in [0.15, 0.2) is 30.5 Å². The van der Waals surface area contributed by atoms with Crippen molar-refractivity contribution in [3.63, 3.8) is 0 Å². The number of pyridine rings is 1. The minimum absolute atomic E-state index is 0.0321. The molecule has 2 aromatic rings. The van der Waals surface area contributed by atoms with Crippen molar-refractivity contribution in [1.29, 1.82) is 0 Å². The number of fused-ring (bicyclic) bond motifs is 3. The largest absolute Gasteiger partial charge is 0.481 e. The van der Waals surface area contributed by atoms with E-state index in [1.807, 2.05) is 24.3 Å². The second kappa shape index (κ2) is 6.77. The minimum Gasteiger partial charge on any atom is -0.481 e. The molecule has 5 heterocycles. The molecule has 0 saturated carbocycles. The van der Waals surface area contributed by atoms with Crippen LogP contribution in [0.5, 0.6) is 5.88 Å². The van der Waals surface area contributed by atoms with Gasteiger partial charge in [0.15, 0.2) is 0 Å². The molecule has 0 radical (unpaired) electrons. The lowest BCUT2D eigenvalue weighted by Gasteiger charge is -2.49. The van der Waals surface area contributed by atoms with Gasteiger partial charge in [0.25, 0.3) is 5.91 Å². The highest BCUT2D eigenvalue weighted by atomic mass is 32.1. The number of amides is 1. The molecule has 2 aromatic heterocycles. The standard InChI is InChI=1S/C19H23N3O2S/c1-12-17(13-7-10-22(12)11-8-13)21-18(23)16-6-5-15(25-16)14-4-3-9-20-19(14)24-2/h3-6,9,12-13,17H,7-8,10-11H2,1-2H3,(H,21,23)/t12-,17-/m0/s1. The number of hydrogen-bond donors (Lipinski definition) is 1. The zero-order chi connectivity index (χ0) is 17.4. The summed E-state index contributed by atoms with van der Waals surface area (Å²) in [6, 6.07) is 8.40. The number of carbonyl (C=O) groups excluding carboxylic acids is 1. The Morgan fingerprint density at radius 2 is 2.12 bits per heavy atom. The summed E-state index contributed by atoms with van der Waals surface area (Å²) in [6.07, 6.45) is 4.09. The van der Waals surface area contributed by atoms with Crippen molar-refractivity contribution < 1.29 is 9.53 Å². The van der Waals surface area contributed by atoms with Crippen molar-refractivity contribution in [2.24, 2.45) is 5.92 Å². The Morgan fingerprint density at radius 3 is 2.84 bits per heavy atom. The van der Waals surface area contributed by atoms with Crippen LogP contribution in [0.2, 0.25) is 0 Å². The molecule has 25 heavy (non-hydrogen) atoms. The van der Waals surface area contributed by atoms with Crippen molar-refractivity contribution >= 4 is 17.2 Å². The van der Waals surface area contributed by atoms with Gasteiger partial charge >= 0.3 is 0 Å². The SMILES string of the molecule is COc1ncccc1-c1ccc(C(=O)N[C@@H]2C3CCN(CC3)[C@H]2C)s1. The molecule has 2 atom stereocenters. The van der Waals surface area contributed by atoms with Crippen molar-refractivity contribution in [2.75, 3.05) is 20.2 Å². The Kier molecular flexibility index (Phi) is 4.48. The number of hydrogen-bond acceptors (Lipinski definition) is 5. The van der Waals surface area contributed by atoms with E-state index >= 15 is 0 Å². The average molecular weight is 357 g/mol. The number of methoxy groups -OCH3 is 1. The molecule has 0 aromatic carbocycles. The number of aromatic nitrogens is 1. The predicted octanol–water partition coefficient (Wildman–Crippen LogP) is 3.03. The molecule has 5 nitrogen and oxygen atoms in total. The van der Waals surface area contributed by atoms with Gasteiger partial charge in [0.05, 0.1) is 17.6 Å². The molecule has 3 aliphatic rings. The first-order chi connectivity index (χ1) is 12.2. The van der Waals surface area contributed by atoms with E-state index < -0.39 is 0 Å². The Labute approximate surface area is 152 Å². The summed E-state index contributed by atoms with van der Waals surface area (Å²) < 4.78 is 5.33. The van der Waals surface area contributed by atoms with Crippen molar-refractivity contribution in [3.8, 4) is 16.3 Å². The lowest BCUT2D eigenvalue weighted by atomic mass is 9.79. The molecular formula is C19H23N3O2S. The summed E-state index contributed by atoms with van der Waals surface area (Å²) in [5.41, 5.74) is 0.922. The van der Waals surface area contributed by atoms with Crippen LogP contribution in [0.25, 0.3) is 10.4 Å². The Balaban J connectivity index is 1.51. The van der Waals surface area contributed by atoms with Gasteiger partial charge in [-0.25, -0.2) is 4.98 Å². The zero-order valence-corrected chi connectivity index (χ0v) is 15.4. The normalized spacial score (nSPS) is 27.9. The van der Waals surface area contributed by atoms with E-state index in [1.165, 1.54) is 37.3 Å². The van der Waals surface area contributed by atoms with Crippen LogP contribution < -0.4 is 10.1 Å². The van der Waals surface area contributed by atoms with Gasteiger partial charge in [0, 0.05) is 23.2 Å². The molecule has 3 saturated heterocycles. The smallest absolute Gasteiger partial charge is 0.261 e. The first kappa shape index (κ1) is 16.5. The van der Waals surface area contributed by atoms with Gasteiger partial charge in [0.2, 0.25) is 5.88 Å². The Morgan fingerprint density at radius 1 is 1.32 bits per heavy atom. The van der Waals surface area contributed by atoms with Crippen LogP contribution >= 0.6 is 11.3 Å². The maximum Gasteiger partial charge on any atom is 0.261 e.